The van der Waals surface area contributed by atoms with Crippen molar-refractivity contribution in [3.05, 3.63) is 0 Å². The summed E-state index contributed by atoms with van der Waals surface area (Å²) in [7, 11) is 0. The lowest BCUT2D eigenvalue weighted by Crippen LogP contribution is -2.62. The molecule has 1 fully saturated rings. The van der Waals surface area contributed by atoms with Crippen LogP contribution in [0.5, 0.6) is 0 Å². The molecule has 0 aromatic carbocycles. The highest BCUT2D eigenvalue weighted by Gasteiger charge is 2.39. The molecule has 3 atom stereocenters. The van der Waals surface area contributed by atoms with Gasteiger partial charge in [-0.15, -0.1) is 0 Å². The normalized spacial score (nSPS) is 25.2. The van der Waals surface area contributed by atoms with E-state index in [0.29, 0.717) is 0 Å². The largest absolute Gasteiger partial charge is 0.345 e. The van der Waals surface area contributed by atoms with Crippen LogP contribution in [0.2, 0.25) is 0 Å². The molecule has 1 unspecified atom stereocenters. The van der Waals surface area contributed by atoms with Crippen LogP contribution in [0.15, 0.2) is 0 Å². The van der Waals surface area contributed by atoms with E-state index in [1.54, 1.807) is 4.90 Å². The van der Waals surface area contributed by atoms with Gasteiger partial charge >= 0.3 is 0 Å². The van der Waals surface area contributed by atoms with Crippen LogP contribution in [0, 0.1) is 5.92 Å². The molecule has 16 heavy (non-hydrogen) atoms. The number of hydrogen-bond donors (Lipinski definition) is 1. The van der Waals surface area contributed by atoms with Gasteiger partial charge in [0.2, 0.25) is 11.8 Å². The average molecular weight is 226 g/mol. The molecule has 0 spiro atoms. The third-order valence-corrected chi connectivity index (χ3v) is 3.52. The maximum absolute atomic E-state index is 11.9. The third-order valence-electron chi connectivity index (χ3n) is 3.52. The first-order valence-corrected chi connectivity index (χ1v) is 6.11. The lowest BCUT2D eigenvalue weighted by atomic mass is 9.93. The zero-order valence-electron chi connectivity index (χ0n) is 10.6. The van der Waals surface area contributed by atoms with E-state index in [1.165, 1.54) is 0 Å². The van der Waals surface area contributed by atoms with Gasteiger partial charge in [0.1, 0.15) is 6.04 Å². The molecule has 1 saturated heterocycles. The molecule has 0 aromatic rings. The Morgan fingerprint density at radius 1 is 1.31 bits per heavy atom. The van der Waals surface area contributed by atoms with Crippen LogP contribution >= 0.6 is 0 Å². The predicted octanol–water partition coefficient (Wildman–Crippen LogP) is 1.16. The highest BCUT2D eigenvalue weighted by Crippen LogP contribution is 2.21. The van der Waals surface area contributed by atoms with Crippen LogP contribution in [-0.2, 0) is 9.59 Å². The SMILES string of the molecule is CCC(C)[C@H]1C(=O)NCC(=O)N1[C@H](C)CC. The van der Waals surface area contributed by atoms with Gasteiger partial charge < -0.3 is 10.2 Å². The first kappa shape index (κ1) is 13.0. The van der Waals surface area contributed by atoms with Crippen molar-refractivity contribution in [3.8, 4) is 0 Å². The molecule has 1 rings (SSSR count). The van der Waals surface area contributed by atoms with Crippen LogP contribution < -0.4 is 5.32 Å². The van der Waals surface area contributed by atoms with Gasteiger partial charge in [-0.2, -0.15) is 0 Å². The van der Waals surface area contributed by atoms with E-state index in [1.807, 2.05) is 27.7 Å². The van der Waals surface area contributed by atoms with Crippen molar-refractivity contribution in [2.45, 2.75) is 52.6 Å². The fourth-order valence-electron chi connectivity index (χ4n) is 2.11. The van der Waals surface area contributed by atoms with Crippen molar-refractivity contribution in [2.75, 3.05) is 6.54 Å². The van der Waals surface area contributed by atoms with Gasteiger partial charge in [-0.3, -0.25) is 9.59 Å². The molecule has 0 saturated carbocycles. The molecule has 2 amide bonds. The van der Waals surface area contributed by atoms with Gasteiger partial charge in [-0.25, -0.2) is 0 Å². The summed E-state index contributed by atoms with van der Waals surface area (Å²) in [5, 5.41) is 2.68. The lowest BCUT2D eigenvalue weighted by Gasteiger charge is -2.41. The molecule has 1 N–H and O–H groups in total. The highest BCUT2D eigenvalue weighted by atomic mass is 16.2. The van der Waals surface area contributed by atoms with Crippen molar-refractivity contribution in [1.29, 1.82) is 0 Å². The Bertz CT molecular complexity index is 250. The van der Waals surface area contributed by atoms with Crippen LogP contribution in [0.3, 0.4) is 0 Å². The summed E-state index contributed by atoms with van der Waals surface area (Å²) in [4.78, 5) is 25.5. The highest BCUT2D eigenvalue weighted by molar-refractivity contribution is 5.95. The molecule has 4 heteroatoms. The number of carbonyl (C=O) groups is 2. The van der Waals surface area contributed by atoms with Crippen molar-refractivity contribution in [3.63, 3.8) is 0 Å². The number of amides is 2. The summed E-state index contributed by atoms with van der Waals surface area (Å²) >= 11 is 0. The summed E-state index contributed by atoms with van der Waals surface area (Å²) in [6.07, 6.45) is 1.78. The monoisotopic (exact) mass is 226 g/mol. The van der Waals surface area contributed by atoms with Crippen LogP contribution in [0.4, 0.5) is 0 Å². The Morgan fingerprint density at radius 3 is 2.44 bits per heavy atom. The fourth-order valence-corrected chi connectivity index (χ4v) is 2.11. The summed E-state index contributed by atoms with van der Waals surface area (Å²) in [5.74, 6) is 0.242. The Kier molecular flexibility index (Phi) is 4.33. The van der Waals surface area contributed by atoms with Gasteiger partial charge in [0.05, 0.1) is 6.54 Å². The van der Waals surface area contributed by atoms with E-state index in [4.69, 9.17) is 0 Å². The molecular formula is C12H22N2O2. The maximum atomic E-state index is 11.9. The molecule has 92 valence electrons. The third kappa shape index (κ3) is 2.36. The second-order valence-corrected chi connectivity index (χ2v) is 4.61. The minimum atomic E-state index is -0.291. The van der Waals surface area contributed by atoms with Gasteiger partial charge in [0.25, 0.3) is 0 Å². The predicted molar refractivity (Wildman–Crippen MR) is 62.9 cm³/mol. The first-order valence-electron chi connectivity index (χ1n) is 6.11. The van der Waals surface area contributed by atoms with Crippen LogP contribution in [0.25, 0.3) is 0 Å². The van der Waals surface area contributed by atoms with Gasteiger partial charge in [0, 0.05) is 6.04 Å². The second kappa shape index (κ2) is 5.32. The quantitative estimate of drug-likeness (QED) is 0.782. The molecule has 0 bridgehead atoms. The maximum Gasteiger partial charge on any atom is 0.243 e. The van der Waals surface area contributed by atoms with Crippen molar-refractivity contribution in [2.24, 2.45) is 5.92 Å². The van der Waals surface area contributed by atoms with Crippen molar-refractivity contribution >= 4 is 11.8 Å². The molecule has 0 aromatic heterocycles. The number of rotatable bonds is 4. The number of nitrogens with one attached hydrogen (secondary N) is 1. The van der Waals surface area contributed by atoms with E-state index >= 15 is 0 Å². The molecule has 0 aliphatic carbocycles. The standard InChI is InChI=1S/C12H22N2O2/c1-5-8(3)11-12(16)13-7-10(15)14(11)9(4)6-2/h8-9,11H,5-7H2,1-4H3,(H,13,16)/t8?,9-,11+/m1/s1. The zero-order valence-corrected chi connectivity index (χ0v) is 10.6. The average Bonchev–Trinajstić information content (AvgIpc) is 2.29. The van der Waals surface area contributed by atoms with Gasteiger partial charge in [-0.05, 0) is 19.3 Å². The van der Waals surface area contributed by atoms with Gasteiger partial charge in [-0.1, -0.05) is 27.2 Å². The minimum absolute atomic E-state index is 0.00532. The smallest absolute Gasteiger partial charge is 0.243 e. The van der Waals surface area contributed by atoms with Crippen molar-refractivity contribution < 1.29 is 9.59 Å². The molecule has 4 nitrogen and oxygen atoms in total. The van der Waals surface area contributed by atoms with E-state index in [0.717, 1.165) is 12.8 Å². The topological polar surface area (TPSA) is 49.4 Å². The number of piperazine rings is 1. The van der Waals surface area contributed by atoms with Crippen molar-refractivity contribution in [1.82, 2.24) is 10.2 Å². The lowest BCUT2D eigenvalue weighted by molar-refractivity contribution is -0.150. The number of nitrogens with zero attached hydrogens (tertiary/aromatic N) is 1. The molecule has 0 radical (unpaired) electrons. The fraction of sp³-hybridized carbons (Fsp3) is 0.833. The molecule has 1 heterocycles. The van der Waals surface area contributed by atoms with E-state index in [2.05, 4.69) is 5.32 Å². The Hall–Kier alpha value is -1.06. The van der Waals surface area contributed by atoms with Crippen LogP contribution in [-0.4, -0.2) is 35.3 Å². The zero-order chi connectivity index (χ0) is 12.3. The van der Waals surface area contributed by atoms with Crippen LogP contribution in [0.1, 0.15) is 40.5 Å². The van der Waals surface area contributed by atoms with E-state index in [-0.39, 0.29) is 36.4 Å². The summed E-state index contributed by atoms with van der Waals surface area (Å²) < 4.78 is 0. The molecular weight excluding hydrogens is 204 g/mol. The van der Waals surface area contributed by atoms with Gasteiger partial charge in [0.15, 0.2) is 0 Å². The number of hydrogen-bond acceptors (Lipinski definition) is 2. The van der Waals surface area contributed by atoms with E-state index < -0.39 is 0 Å². The second-order valence-electron chi connectivity index (χ2n) is 4.61. The van der Waals surface area contributed by atoms with E-state index in [9.17, 15) is 9.59 Å². The number of carbonyl (C=O) groups excluding carboxylic acids is 2. The molecule has 1 aliphatic rings. The Labute approximate surface area is 97.4 Å². The molecule has 1 aliphatic heterocycles. The summed E-state index contributed by atoms with van der Waals surface area (Å²) in [6, 6.07) is -0.154. The first-order chi connectivity index (χ1) is 7.52. The Morgan fingerprint density at radius 2 is 1.94 bits per heavy atom. The summed E-state index contributed by atoms with van der Waals surface area (Å²) in [6.45, 7) is 8.27. The Balaban J connectivity index is 2.94. The summed E-state index contributed by atoms with van der Waals surface area (Å²) in [5.41, 5.74) is 0. The minimum Gasteiger partial charge on any atom is -0.345 e.